The highest BCUT2D eigenvalue weighted by Gasteiger charge is 2.10. The Kier molecular flexibility index (Phi) is 5.59. The van der Waals surface area contributed by atoms with E-state index in [0.29, 0.717) is 5.56 Å². The van der Waals surface area contributed by atoms with Gasteiger partial charge in [-0.05, 0) is 18.2 Å². The first-order valence-electron chi connectivity index (χ1n) is 4.87. The molecule has 1 N–H and O–H groups in total. The van der Waals surface area contributed by atoms with Crippen molar-refractivity contribution >= 4 is 17.6 Å². The molecule has 0 atom stereocenters. The third-order valence-electron chi connectivity index (χ3n) is 1.95. The molecule has 0 heterocycles. The first-order chi connectivity index (χ1) is 8.19. The number of carbonyl (C=O) groups excluding carboxylic acids is 1. The second-order valence-corrected chi connectivity index (χ2v) is 3.26. The second kappa shape index (κ2) is 6.98. The summed E-state index contributed by atoms with van der Waals surface area (Å²) in [5.74, 6) is -0.326. The Hall–Kier alpha value is -1.46. The maximum absolute atomic E-state index is 11.5. The summed E-state index contributed by atoms with van der Waals surface area (Å²) in [7, 11) is 1.40. The maximum Gasteiger partial charge on any atom is 0.338 e. The SMILES string of the molecule is COc1cc(C(=O)OCCOCCl)ccc1O. The number of esters is 1. The Morgan fingerprint density at radius 1 is 1.41 bits per heavy atom. The highest BCUT2D eigenvalue weighted by Crippen LogP contribution is 2.26. The molecule has 1 aromatic carbocycles. The Labute approximate surface area is 104 Å². The van der Waals surface area contributed by atoms with Crippen LogP contribution in [0.2, 0.25) is 0 Å². The first-order valence-corrected chi connectivity index (χ1v) is 5.40. The average molecular weight is 261 g/mol. The summed E-state index contributed by atoms with van der Waals surface area (Å²) in [5, 5.41) is 9.35. The molecule has 6 heteroatoms. The first kappa shape index (κ1) is 13.6. The molecule has 0 aliphatic carbocycles. The van der Waals surface area contributed by atoms with Crippen molar-refractivity contribution < 1.29 is 24.1 Å². The summed E-state index contributed by atoms with van der Waals surface area (Å²) in [6.45, 7) is 0.360. The minimum atomic E-state index is -0.513. The number of phenols is 1. The Bertz CT molecular complexity index is 380. The molecule has 0 spiro atoms. The summed E-state index contributed by atoms with van der Waals surface area (Å²) < 4.78 is 14.6. The van der Waals surface area contributed by atoms with Gasteiger partial charge < -0.3 is 19.3 Å². The van der Waals surface area contributed by atoms with Gasteiger partial charge in [-0.15, -0.1) is 0 Å². The molecule has 0 aromatic heterocycles. The molecule has 0 saturated carbocycles. The second-order valence-electron chi connectivity index (χ2n) is 3.04. The maximum atomic E-state index is 11.5. The number of hydrogen-bond acceptors (Lipinski definition) is 5. The van der Waals surface area contributed by atoms with Crippen LogP contribution < -0.4 is 4.74 Å². The van der Waals surface area contributed by atoms with Gasteiger partial charge >= 0.3 is 5.97 Å². The largest absolute Gasteiger partial charge is 0.504 e. The van der Waals surface area contributed by atoms with E-state index in [2.05, 4.69) is 0 Å². The highest BCUT2D eigenvalue weighted by atomic mass is 35.5. The monoisotopic (exact) mass is 260 g/mol. The molecule has 0 aliphatic heterocycles. The van der Waals surface area contributed by atoms with Crippen molar-refractivity contribution in [1.29, 1.82) is 0 Å². The number of halogens is 1. The van der Waals surface area contributed by atoms with E-state index >= 15 is 0 Å². The van der Waals surface area contributed by atoms with E-state index < -0.39 is 5.97 Å². The summed E-state index contributed by atoms with van der Waals surface area (Å²) in [6.07, 6.45) is 0. The molecular weight excluding hydrogens is 248 g/mol. The van der Waals surface area contributed by atoms with Gasteiger partial charge in [-0.25, -0.2) is 4.79 Å². The number of hydrogen-bond donors (Lipinski definition) is 1. The summed E-state index contributed by atoms with van der Waals surface area (Å²) >= 11 is 5.28. The third-order valence-corrected chi connectivity index (χ3v) is 2.11. The van der Waals surface area contributed by atoms with Crippen LogP contribution in [0.15, 0.2) is 18.2 Å². The fraction of sp³-hybridized carbons (Fsp3) is 0.364. The Morgan fingerprint density at radius 3 is 2.82 bits per heavy atom. The van der Waals surface area contributed by atoms with Gasteiger partial charge in [-0.3, -0.25) is 0 Å². The van der Waals surface area contributed by atoms with Crippen LogP contribution in [-0.2, 0) is 9.47 Å². The number of aromatic hydroxyl groups is 1. The molecule has 1 rings (SSSR count). The molecule has 0 radical (unpaired) electrons. The Balaban J connectivity index is 2.57. The smallest absolute Gasteiger partial charge is 0.338 e. The molecule has 94 valence electrons. The predicted molar refractivity (Wildman–Crippen MR) is 61.6 cm³/mol. The molecule has 0 fully saturated rings. The highest BCUT2D eigenvalue weighted by molar-refractivity contribution is 6.17. The number of methoxy groups -OCH3 is 1. The van der Waals surface area contributed by atoms with Gasteiger partial charge in [-0.2, -0.15) is 0 Å². The number of alkyl halides is 1. The summed E-state index contributed by atoms with van der Waals surface area (Å²) in [4.78, 5) is 11.5. The van der Waals surface area contributed by atoms with Crippen LogP contribution in [0.5, 0.6) is 11.5 Å². The van der Waals surface area contributed by atoms with Crippen molar-refractivity contribution in [3.8, 4) is 11.5 Å². The van der Waals surface area contributed by atoms with Crippen LogP contribution in [0.3, 0.4) is 0 Å². The fourth-order valence-corrected chi connectivity index (χ4v) is 1.24. The summed E-state index contributed by atoms with van der Waals surface area (Å²) in [5.41, 5.74) is 0.297. The van der Waals surface area contributed by atoms with Gasteiger partial charge in [-0.1, -0.05) is 11.6 Å². The number of carbonyl (C=O) groups is 1. The number of benzene rings is 1. The lowest BCUT2D eigenvalue weighted by Gasteiger charge is -2.07. The van der Waals surface area contributed by atoms with Gasteiger partial charge in [0.2, 0.25) is 0 Å². The van der Waals surface area contributed by atoms with Crippen LogP contribution in [0.25, 0.3) is 0 Å². The van der Waals surface area contributed by atoms with E-state index in [1.54, 1.807) is 0 Å². The minimum absolute atomic E-state index is 0.0328. The van der Waals surface area contributed by atoms with Gasteiger partial charge in [0.05, 0.1) is 19.3 Å². The van der Waals surface area contributed by atoms with Crippen molar-refractivity contribution in [2.45, 2.75) is 0 Å². The van der Waals surface area contributed by atoms with E-state index in [0.717, 1.165) is 0 Å². The van der Waals surface area contributed by atoms with E-state index in [1.165, 1.54) is 25.3 Å². The van der Waals surface area contributed by atoms with Crippen molar-refractivity contribution in [1.82, 2.24) is 0 Å². The van der Waals surface area contributed by atoms with Gasteiger partial charge in [0.15, 0.2) is 11.5 Å². The molecule has 17 heavy (non-hydrogen) atoms. The van der Waals surface area contributed by atoms with E-state index in [4.69, 9.17) is 25.8 Å². The van der Waals surface area contributed by atoms with Crippen LogP contribution in [0.1, 0.15) is 10.4 Å². The number of phenolic OH excluding ortho intramolecular Hbond substituents is 1. The van der Waals surface area contributed by atoms with Crippen molar-refractivity contribution in [2.24, 2.45) is 0 Å². The number of rotatable bonds is 6. The van der Waals surface area contributed by atoms with E-state index in [9.17, 15) is 9.90 Å². The lowest BCUT2D eigenvalue weighted by atomic mass is 10.2. The van der Waals surface area contributed by atoms with Crippen LogP contribution in [0.4, 0.5) is 0 Å². The molecule has 1 aromatic rings. The summed E-state index contributed by atoms with van der Waals surface area (Å²) in [6, 6.07) is 4.28. The minimum Gasteiger partial charge on any atom is -0.504 e. The number of ether oxygens (including phenoxy) is 3. The lowest BCUT2D eigenvalue weighted by Crippen LogP contribution is -2.10. The predicted octanol–water partition coefficient (Wildman–Crippen LogP) is 1.77. The fourth-order valence-electron chi connectivity index (χ4n) is 1.14. The zero-order valence-electron chi connectivity index (χ0n) is 9.31. The normalized spacial score (nSPS) is 10.0. The van der Waals surface area contributed by atoms with E-state index in [-0.39, 0.29) is 30.8 Å². The van der Waals surface area contributed by atoms with Crippen molar-refractivity contribution in [3.63, 3.8) is 0 Å². The molecule has 5 nitrogen and oxygen atoms in total. The standard InChI is InChI=1S/C11H13ClO5/c1-15-10-6-8(2-3-9(10)13)11(14)17-5-4-16-7-12/h2-3,6,13H,4-5,7H2,1H3. The molecule has 0 saturated heterocycles. The molecule has 0 unspecified atom stereocenters. The van der Waals surface area contributed by atoms with Crippen molar-refractivity contribution in [2.75, 3.05) is 26.4 Å². The third kappa shape index (κ3) is 4.13. The zero-order valence-corrected chi connectivity index (χ0v) is 10.1. The van der Waals surface area contributed by atoms with Crippen LogP contribution in [0, 0.1) is 0 Å². The quantitative estimate of drug-likeness (QED) is 0.480. The van der Waals surface area contributed by atoms with Crippen LogP contribution >= 0.6 is 11.6 Å². The van der Waals surface area contributed by atoms with Crippen LogP contribution in [-0.4, -0.2) is 37.5 Å². The average Bonchev–Trinajstić information content (AvgIpc) is 2.35. The van der Waals surface area contributed by atoms with Crippen molar-refractivity contribution in [3.05, 3.63) is 23.8 Å². The lowest BCUT2D eigenvalue weighted by molar-refractivity contribution is 0.0370. The molecule has 0 bridgehead atoms. The van der Waals surface area contributed by atoms with Gasteiger partial charge in [0.1, 0.15) is 12.7 Å². The van der Waals surface area contributed by atoms with Gasteiger partial charge in [0, 0.05) is 0 Å². The molecule has 0 amide bonds. The molecular formula is C11H13ClO5. The molecule has 0 aliphatic rings. The van der Waals surface area contributed by atoms with Gasteiger partial charge in [0.25, 0.3) is 0 Å². The topological polar surface area (TPSA) is 65.0 Å². The Morgan fingerprint density at radius 2 is 2.18 bits per heavy atom. The van der Waals surface area contributed by atoms with E-state index in [1.807, 2.05) is 0 Å². The zero-order chi connectivity index (χ0) is 12.7.